The largest absolute Gasteiger partial charge is 0.387 e. The van der Waals surface area contributed by atoms with Gasteiger partial charge in [-0.15, -0.1) is 0 Å². The number of hydrogen-bond acceptors (Lipinski definition) is 6. The number of amides is 1. The van der Waals surface area contributed by atoms with E-state index in [1.54, 1.807) is 10.7 Å². The molecule has 0 saturated carbocycles. The molecule has 2 fully saturated rings. The van der Waals surface area contributed by atoms with Gasteiger partial charge in [0.15, 0.2) is 13.1 Å². The van der Waals surface area contributed by atoms with Crippen LogP contribution in [0.15, 0.2) is 88.9 Å². The molecule has 6 rings (SSSR count). The van der Waals surface area contributed by atoms with Crippen LogP contribution in [0.1, 0.15) is 22.6 Å². The second-order valence-corrected chi connectivity index (χ2v) is 14.8. The van der Waals surface area contributed by atoms with Crippen molar-refractivity contribution in [2.45, 2.75) is 11.5 Å². The molecule has 3 N–H and O–H groups in total. The van der Waals surface area contributed by atoms with Gasteiger partial charge in [-0.1, -0.05) is 76.6 Å². The van der Waals surface area contributed by atoms with E-state index in [1.165, 1.54) is 0 Å². The van der Waals surface area contributed by atoms with Crippen LogP contribution < -0.4 is 5.32 Å². The van der Waals surface area contributed by atoms with Gasteiger partial charge in [-0.2, -0.15) is 0 Å². The van der Waals surface area contributed by atoms with Crippen molar-refractivity contribution in [3.63, 3.8) is 0 Å². The zero-order valence-electron chi connectivity index (χ0n) is 22.5. The monoisotopic (exact) mass is 635 g/mol. The van der Waals surface area contributed by atoms with E-state index in [0.29, 0.717) is 23.4 Å². The Morgan fingerprint density at radius 2 is 1.66 bits per heavy atom. The van der Waals surface area contributed by atoms with Gasteiger partial charge in [-0.25, -0.2) is 4.67 Å². The maximum atomic E-state index is 15.2. The molecule has 3 aliphatic rings. The van der Waals surface area contributed by atoms with Gasteiger partial charge in [-0.05, 0) is 42.4 Å². The number of hydrogen-bond donors (Lipinski definition) is 3. The number of para-hydroxylation sites is 1. The third-order valence-electron chi connectivity index (χ3n) is 9.02. The summed E-state index contributed by atoms with van der Waals surface area (Å²) in [6, 6.07) is 24.5. The lowest BCUT2D eigenvalue weighted by atomic mass is 9.56. The van der Waals surface area contributed by atoms with Gasteiger partial charge in [0, 0.05) is 46.8 Å². The van der Waals surface area contributed by atoms with Gasteiger partial charge in [0.05, 0.1) is 5.41 Å². The highest BCUT2D eigenvalue weighted by Crippen LogP contribution is 2.66. The average Bonchev–Trinajstić information content (AvgIpc) is 3.44. The zero-order chi connectivity index (χ0) is 29.0. The molecule has 10 heteroatoms. The van der Waals surface area contributed by atoms with Crippen molar-refractivity contribution >= 4 is 46.7 Å². The number of benzene rings is 3. The first-order valence-corrected chi connectivity index (χ1v) is 16.3. The topological polar surface area (TPSA) is 110 Å². The Morgan fingerprint density at radius 3 is 2.34 bits per heavy atom. The Morgan fingerprint density at radius 1 is 1.00 bits per heavy atom. The van der Waals surface area contributed by atoms with Crippen molar-refractivity contribution in [1.29, 1.82) is 0 Å². The van der Waals surface area contributed by atoms with E-state index in [9.17, 15) is 19.6 Å². The van der Waals surface area contributed by atoms with Crippen LogP contribution in [-0.4, -0.2) is 70.9 Å². The molecule has 0 radical (unpaired) electrons. The summed E-state index contributed by atoms with van der Waals surface area (Å²) in [6.07, 6.45) is 0.278. The summed E-state index contributed by atoms with van der Waals surface area (Å²) < 4.78 is 16.5. The molecule has 212 valence electrons. The number of anilines is 1. The van der Waals surface area contributed by atoms with Gasteiger partial charge >= 0.3 is 0 Å². The number of Topliss-reactive ketones (excluding diaryl/α,β-unsaturated/α-hetero) is 1. The number of likely N-dealkylation sites (N-methyl/N-ethyl adjacent to an activating group) is 1. The summed E-state index contributed by atoms with van der Waals surface area (Å²) in [5.74, 6) is -1.00. The molecule has 0 aliphatic carbocycles. The summed E-state index contributed by atoms with van der Waals surface area (Å²) in [5.41, 5.74) is 0.473. The number of fused-ring (bicyclic) bond motifs is 3. The molecule has 2 spiro atoms. The highest BCUT2D eigenvalue weighted by Gasteiger charge is 2.75. The number of rotatable bonds is 5. The number of carbonyl (C=O) groups excluding carboxylic acids is 2. The lowest BCUT2D eigenvalue weighted by molar-refractivity contribution is -0.145. The number of ketones is 1. The van der Waals surface area contributed by atoms with E-state index < -0.39 is 36.9 Å². The molecule has 0 bridgehead atoms. The Hall–Kier alpha value is -2.91. The van der Waals surface area contributed by atoms with Gasteiger partial charge in [0.1, 0.15) is 18.2 Å². The number of aliphatic hydroxyl groups excluding tert-OH is 2. The Kier molecular flexibility index (Phi) is 7.17. The fourth-order valence-electron chi connectivity index (χ4n) is 7.17. The minimum Gasteiger partial charge on any atom is -0.387 e. The Balaban J connectivity index is 1.68. The molecular formula is C31H31BrN3O5P. The third kappa shape index (κ3) is 4.06. The van der Waals surface area contributed by atoms with Gasteiger partial charge in [-0.3, -0.25) is 14.5 Å². The van der Waals surface area contributed by atoms with Crippen LogP contribution in [0.5, 0.6) is 0 Å². The summed E-state index contributed by atoms with van der Waals surface area (Å²) >= 11 is 3.51. The van der Waals surface area contributed by atoms with Crippen LogP contribution in [0.2, 0.25) is 0 Å². The first-order valence-electron chi connectivity index (χ1n) is 13.4. The minimum absolute atomic E-state index is 0.0238. The SMILES string of the molecule is CN1C[C@@H](c2ccc(Br)cc2)[C@@]2(CN(P(=O)(CO)CO)C/C(=C\c3ccccc3)C2=O)[C@@]12C(=O)Nc1ccccc12. The molecule has 0 aromatic heterocycles. The quantitative estimate of drug-likeness (QED) is 0.281. The number of halogens is 1. The van der Waals surface area contributed by atoms with E-state index in [-0.39, 0.29) is 24.8 Å². The molecule has 0 unspecified atom stereocenters. The predicted molar refractivity (Wildman–Crippen MR) is 161 cm³/mol. The zero-order valence-corrected chi connectivity index (χ0v) is 25.0. The van der Waals surface area contributed by atoms with E-state index in [1.807, 2.05) is 90.8 Å². The maximum Gasteiger partial charge on any atom is 0.250 e. The van der Waals surface area contributed by atoms with E-state index >= 15 is 4.79 Å². The molecule has 3 aromatic rings. The molecule has 2 saturated heterocycles. The molecule has 1 amide bonds. The molecular weight excluding hydrogens is 605 g/mol. The fourth-order valence-corrected chi connectivity index (χ4v) is 8.77. The summed E-state index contributed by atoms with van der Waals surface area (Å²) in [5, 5.41) is 23.6. The van der Waals surface area contributed by atoms with Crippen molar-refractivity contribution in [3.05, 3.63) is 106 Å². The Bertz CT molecular complexity index is 1590. The van der Waals surface area contributed by atoms with Crippen LogP contribution >= 0.6 is 23.2 Å². The van der Waals surface area contributed by atoms with E-state index in [4.69, 9.17) is 0 Å². The number of nitrogens with one attached hydrogen (secondary N) is 1. The number of aliphatic hydroxyl groups is 2. The van der Waals surface area contributed by atoms with Crippen molar-refractivity contribution in [2.75, 3.05) is 44.7 Å². The molecule has 3 aliphatic heterocycles. The highest BCUT2D eigenvalue weighted by molar-refractivity contribution is 9.10. The van der Waals surface area contributed by atoms with Gasteiger partial charge in [0.2, 0.25) is 0 Å². The highest BCUT2D eigenvalue weighted by atomic mass is 79.9. The fraction of sp³-hybridized carbons (Fsp3) is 0.290. The lowest BCUT2D eigenvalue weighted by Crippen LogP contribution is -2.65. The molecule has 3 heterocycles. The van der Waals surface area contributed by atoms with Crippen LogP contribution in [0.4, 0.5) is 5.69 Å². The summed E-state index contributed by atoms with van der Waals surface area (Å²) in [6.45, 7) is 0.275. The average molecular weight is 636 g/mol. The number of nitrogens with zero attached hydrogens (tertiary/aromatic N) is 2. The summed E-state index contributed by atoms with van der Waals surface area (Å²) in [4.78, 5) is 31.5. The first kappa shape index (κ1) is 28.2. The normalized spacial score (nSPS) is 27.6. The maximum absolute atomic E-state index is 15.2. The molecule has 41 heavy (non-hydrogen) atoms. The number of piperidine rings is 1. The second kappa shape index (κ2) is 10.4. The first-order chi connectivity index (χ1) is 19.7. The van der Waals surface area contributed by atoms with E-state index in [2.05, 4.69) is 21.2 Å². The standard InChI is InChI=1S/C31H31BrN3O5P/c1-34-17-26(22-11-13-24(32)14-12-22)30(31(34)25-9-5-6-10-27(25)33-29(31)39)18-35(41(40,19-36)20-37)16-23(28(30)38)15-21-7-3-2-4-8-21/h2-15,26,36-37H,16-20H2,1H3,(H,33,39)/b23-15+/t26-,30+,31+/m0/s1. The van der Waals surface area contributed by atoms with Crippen molar-refractivity contribution < 1.29 is 24.4 Å². The van der Waals surface area contributed by atoms with Crippen molar-refractivity contribution in [1.82, 2.24) is 9.57 Å². The Labute approximate surface area is 247 Å². The van der Waals surface area contributed by atoms with Crippen molar-refractivity contribution in [3.8, 4) is 0 Å². The molecule has 3 atom stereocenters. The third-order valence-corrected chi connectivity index (χ3v) is 11.7. The van der Waals surface area contributed by atoms with Crippen LogP contribution in [0, 0.1) is 5.41 Å². The van der Waals surface area contributed by atoms with Gasteiger partial charge < -0.3 is 20.1 Å². The van der Waals surface area contributed by atoms with Crippen LogP contribution in [0.25, 0.3) is 6.08 Å². The number of carbonyl (C=O) groups is 2. The number of likely N-dealkylation sites (tertiary alicyclic amines) is 1. The second-order valence-electron chi connectivity index (χ2n) is 11.0. The minimum atomic E-state index is -3.72. The smallest absolute Gasteiger partial charge is 0.250 e. The predicted octanol–water partition coefficient (Wildman–Crippen LogP) is 4.46. The lowest BCUT2D eigenvalue weighted by Gasteiger charge is -2.52. The molecule has 8 nitrogen and oxygen atoms in total. The van der Waals surface area contributed by atoms with Gasteiger partial charge in [0.25, 0.3) is 5.91 Å². The molecule has 3 aromatic carbocycles. The van der Waals surface area contributed by atoms with Crippen molar-refractivity contribution in [2.24, 2.45) is 5.41 Å². The van der Waals surface area contributed by atoms with Crippen LogP contribution in [0.3, 0.4) is 0 Å². The van der Waals surface area contributed by atoms with E-state index in [0.717, 1.165) is 15.6 Å². The summed E-state index contributed by atoms with van der Waals surface area (Å²) in [7, 11) is -1.86. The van der Waals surface area contributed by atoms with Crippen LogP contribution in [-0.2, 0) is 19.7 Å².